The van der Waals surface area contributed by atoms with Gasteiger partial charge in [0, 0.05) is 0 Å². The van der Waals surface area contributed by atoms with Crippen molar-refractivity contribution in [3.8, 4) is 5.75 Å². The maximum absolute atomic E-state index is 11.3. The second-order valence-corrected chi connectivity index (χ2v) is 7.09. The molecule has 0 N–H and O–H groups in total. The zero-order valence-corrected chi connectivity index (χ0v) is 13.5. The second kappa shape index (κ2) is 5.99. The molecule has 2 radical (unpaired) electrons. The fourth-order valence-corrected chi connectivity index (χ4v) is 2.66. The van der Waals surface area contributed by atoms with Crippen molar-refractivity contribution in [2.75, 3.05) is 0 Å². The third-order valence-electron chi connectivity index (χ3n) is 3.18. The molecule has 110 valence electrons. The van der Waals surface area contributed by atoms with Gasteiger partial charge in [0.1, 0.15) is 5.75 Å². The molecule has 20 heavy (non-hydrogen) atoms. The fourth-order valence-electron chi connectivity index (χ4n) is 2.66. The van der Waals surface area contributed by atoms with Crippen LogP contribution in [0.5, 0.6) is 5.75 Å². The van der Waals surface area contributed by atoms with Crippen molar-refractivity contribution in [2.24, 2.45) is 5.41 Å². The van der Waals surface area contributed by atoms with Gasteiger partial charge in [-0.1, -0.05) is 33.8 Å². The second-order valence-electron chi connectivity index (χ2n) is 7.09. The van der Waals surface area contributed by atoms with Crippen LogP contribution in [0.2, 0.25) is 0 Å². The van der Waals surface area contributed by atoms with Crippen LogP contribution in [-0.4, -0.2) is 12.4 Å². The highest BCUT2D eigenvalue weighted by Crippen LogP contribution is 2.37. The third-order valence-corrected chi connectivity index (χ3v) is 3.18. The molecule has 0 aromatic heterocycles. The van der Waals surface area contributed by atoms with E-state index in [9.17, 15) is 4.79 Å². The Bertz CT molecular complexity index is 465. The molecule has 0 atom stereocenters. The van der Waals surface area contributed by atoms with Gasteiger partial charge >= 0.3 is 0 Å². The van der Waals surface area contributed by atoms with Gasteiger partial charge in [0.15, 0.2) is 6.29 Å². The third kappa shape index (κ3) is 4.66. The van der Waals surface area contributed by atoms with Crippen LogP contribution in [0.1, 0.15) is 63.9 Å². The van der Waals surface area contributed by atoms with Gasteiger partial charge in [0.2, 0.25) is 0 Å². The molecule has 0 aliphatic carbocycles. The fraction of sp³-hybridized carbons (Fsp3) is 0.556. The highest BCUT2D eigenvalue weighted by molar-refractivity contribution is 5.79. The Morgan fingerprint density at radius 3 is 2.30 bits per heavy atom. The lowest BCUT2D eigenvalue weighted by atomic mass is 9.72. The summed E-state index contributed by atoms with van der Waals surface area (Å²) in [5.41, 5.74) is 1.36. The average molecular weight is 274 g/mol. The predicted octanol–water partition coefficient (Wildman–Crippen LogP) is 4.69. The number of hydrogen-bond acceptors (Lipinski definition) is 2. The van der Waals surface area contributed by atoms with Crippen LogP contribution in [0, 0.1) is 12.3 Å². The van der Waals surface area contributed by atoms with Crippen molar-refractivity contribution in [1.29, 1.82) is 0 Å². The Kier molecular flexibility index (Phi) is 5.01. The Balaban J connectivity index is 3.12. The standard InChI is InChI=1S/C18H26O2/c1-13(2)20-16-9-8-15(10-14(16)11-19)18(6,7)12-17(3,4)5/h3,8-11,13H,12H2,1-2,4-7H3. The maximum Gasteiger partial charge on any atom is 0.153 e. The Hall–Kier alpha value is -1.31. The largest absolute Gasteiger partial charge is 0.490 e. The van der Waals surface area contributed by atoms with E-state index < -0.39 is 0 Å². The molecule has 0 aliphatic heterocycles. The monoisotopic (exact) mass is 274 g/mol. The van der Waals surface area contributed by atoms with E-state index in [4.69, 9.17) is 11.7 Å². The molecular weight excluding hydrogens is 248 g/mol. The van der Waals surface area contributed by atoms with Crippen molar-refractivity contribution >= 4 is 6.29 Å². The lowest BCUT2D eigenvalue weighted by Crippen LogP contribution is -2.25. The molecular formula is C18H26O2. The first-order chi connectivity index (χ1) is 9.05. The van der Waals surface area contributed by atoms with Crippen LogP contribution in [0.25, 0.3) is 0 Å². The first-order valence-corrected chi connectivity index (χ1v) is 7.10. The van der Waals surface area contributed by atoms with E-state index in [2.05, 4.69) is 13.8 Å². The normalized spacial score (nSPS) is 12.6. The maximum atomic E-state index is 11.3. The lowest BCUT2D eigenvalue weighted by Gasteiger charge is -2.33. The Labute approximate surface area is 123 Å². The lowest BCUT2D eigenvalue weighted by molar-refractivity contribution is 0.111. The van der Waals surface area contributed by atoms with Gasteiger partial charge in [-0.3, -0.25) is 4.79 Å². The van der Waals surface area contributed by atoms with Crippen molar-refractivity contribution in [3.05, 3.63) is 36.2 Å². The minimum atomic E-state index is -0.252. The van der Waals surface area contributed by atoms with Gasteiger partial charge in [-0.2, -0.15) is 0 Å². The number of hydrogen-bond donors (Lipinski definition) is 0. The quantitative estimate of drug-likeness (QED) is 0.703. The number of rotatable bonds is 6. The van der Waals surface area contributed by atoms with Gasteiger partial charge in [-0.15, -0.1) is 0 Å². The molecule has 0 amide bonds. The van der Waals surface area contributed by atoms with E-state index in [1.165, 1.54) is 0 Å². The minimum Gasteiger partial charge on any atom is -0.490 e. The van der Waals surface area contributed by atoms with E-state index in [0.717, 1.165) is 18.3 Å². The summed E-state index contributed by atoms with van der Waals surface area (Å²) in [6.07, 6.45) is 1.74. The van der Waals surface area contributed by atoms with Crippen molar-refractivity contribution in [2.45, 2.75) is 59.5 Å². The van der Waals surface area contributed by atoms with Crippen LogP contribution in [-0.2, 0) is 5.41 Å². The molecule has 1 rings (SSSR count). The van der Waals surface area contributed by atoms with Gasteiger partial charge in [0.25, 0.3) is 0 Å². The highest BCUT2D eigenvalue weighted by Gasteiger charge is 2.28. The number of carbonyl (C=O) groups is 1. The molecule has 0 saturated heterocycles. The zero-order valence-electron chi connectivity index (χ0n) is 13.5. The molecule has 0 bridgehead atoms. The van der Waals surface area contributed by atoms with Gasteiger partial charge in [-0.25, -0.2) is 0 Å². The van der Waals surface area contributed by atoms with Gasteiger partial charge in [-0.05, 0) is 55.7 Å². The molecule has 0 unspecified atom stereocenters. The van der Waals surface area contributed by atoms with Crippen molar-refractivity contribution in [3.63, 3.8) is 0 Å². The molecule has 1 aromatic carbocycles. The van der Waals surface area contributed by atoms with Crippen molar-refractivity contribution in [1.82, 2.24) is 0 Å². The number of aldehydes is 1. The predicted molar refractivity (Wildman–Crippen MR) is 83.3 cm³/mol. The molecule has 2 nitrogen and oxygen atoms in total. The first-order valence-electron chi connectivity index (χ1n) is 7.10. The van der Waals surface area contributed by atoms with Crippen LogP contribution in [0.3, 0.4) is 0 Å². The topological polar surface area (TPSA) is 26.3 Å². The summed E-state index contributed by atoms with van der Waals surface area (Å²) in [5, 5.41) is 0. The summed E-state index contributed by atoms with van der Waals surface area (Å²) >= 11 is 0. The summed E-state index contributed by atoms with van der Waals surface area (Å²) in [4.78, 5) is 11.3. The number of carbonyl (C=O) groups excluding carboxylic acids is 1. The number of ether oxygens (including phenoxy) is 1. The molecule has 0 heterocycles. The van der Waals surface area contributed by atoms with Crippen LogP contribution in [0.4, 0.5) is 0 Å². The molecule has 1 aromatic rings. The smallest absolute Gasteiger partial charge is 0.153 e. The van der Waals surface area contributed by atoms with E-state index in [-0.39, 0.29) is 16.9 Å². The van der Waals surface area contributed by atoms with E-state index in [1.54, 1.807) is 0 Å². The number of benzene rings is 1. The Morgan fingerprint density at radius 2 is 1.85 bits per heavy atom. The summed E-state index contributed by atoms with van der Waals surface area (Å²) in [7, 11) is 0. The van der Waals surface area contributed by atoms with Gasteiger partial charge < -0.3 is 4.74 Å². The van der Waals surface area contributed by atoms with E-state index in [1.807, 2.05) is 45.9 Å². The first kappa shape index (κ1) is 16.7. The molecule has 0 spiro atoms. The van der Waals surface area contributed by atoms with Crippen LogP contribution < -0.4 is 4.74 Å². The minimum absolute atomic E-state index is 0.0514. The van der Waals surface area contributed by atoms with Crippen molar-refractivity contribution < 1.29 is 9.53 Å². The summed E-state index contributed by atoms with van der Waals surface area (Å²) in [5.74, 6) is 0.640. The highest BCUT2D eigenvalue weighted by atomic mass is 16.5. The van der Waals surface area contributed by atoms with Crippen LogP contribution >= 0.6 is 0 Å². The molecule has 0 fully saturated rings. The SMILES string of the molecule is [CH]C(C)(C)CC(C)(C)c1ccc(OC(C)C)c(C=O)c1. The van der Waals surface area contributed by atoms with E-state index >= 15 is 0 Å². The van der Waals surface area contributed by atoms with Crippen LogP contribution in [0.15, 0.2) is 18.2 Å². The molecule has 2 heteroatoms. The zero-order chi connectivity index (χ0) is 15.6. The molecule has 0 aliphatic rings. The Morgan fingerprint density at radius 1 is 1.25 bits per heavy atom. The average Bonchev–Trinajstić information content (AvgIpc) is 2.25. The molecule has 0 saturated carbocycles. The van der Waals surface area contributed by atoms with E-state index in [0.29, 0.717) is 11.3 Å². The summed E-state index contributed by atoms with van der Waals surface area (Å²) in [6.45, 7) is 18.4. The summed E-state index contributed by atoms with van der Waals surface area (Å²) in [6, 6.07) is 5.82. The van der Waals surface area contributed by atoms with Gasteiger partial charge in [0.05, 0.1) is 11.7 Å². The summed E-state index contributed by atoms with van der Waals surface area (Å²) < 4.78 is 5.65.